The van der Waals surface area contributed by atoms with Crippen LogP contribution in [0.4, 0.5) is 5.82 Å². The van der Waals surface area contributed by atoms with Crippen LogP contribution in [0.5, 0.6) is 0 Å². The minimum Gasteiger partial charge on any atom is -0.378 e. The monoisotopic (exact) mass is 349 g/mol. The van der Waals surface area contributed by atoms with Gasteiger partial charge in [0.1, 0.15) is 5.82 Å². The Morgan fingerprint density at radius 2 is 1.92 bits per heavy atom. The van der Waals surface area contributed by atoms with Crippen LogP contribution in [0.2, 0.25) is 0 Å². The van der Waals surface area contributed by atoms with E-state index in [1.165, 1.54) is 0 Å². The lowest BCUT2D eigenvalue weighted by Crippen LogP contribution is -2.39. The molecule has 0 aliphatic rings. The van der Waals surface area contributed by atoms with Gasteiger partial charge in [-0.1, -0.05) is 19.9 Å². The van der Waals surface area contributed by atoms with Crippen LogP contribution in [0, 0.1) is 5.92 Å². The molecule has 0 fully saturated rings. The molecule has 1 unspecified atom stereocenters. The van der Waals surface area contributed by atoms with E-state index in [9.17, 15) is 0 Å². The normalized spacial score (nSPS) is 12.9. The fourth-order valence-corrected chi connectivity index (χ4v) is 2.52. The van der Waals surface area contributed by atoms with Crippen LogP contribution < -0.4 is 16.0 Å². The Kier molecular flexibility index (Phi) is 11.4. The van der Waals surface area contributed by atoms with Gasteiger partial charge in [-0.25, -0.2) is 4.98 Å². The Morgan fingerprint density at radius 1 is 1.16 bits per heavy atom. The summed E-state index contributed by atoms with van der Waals surface area (Å²) in [4.78, 5) is 8.51. The molecule has 6 nitrogen and oxygen atoms in total. The number of unbranched alkanes of at least 4 members (excludes halogenated alkanes) is 1. The maximum Gasteiger partial charge on any atom is 0.190 e. The van der Waals surface area contributed by atoms with Crippen molar-refractivity contribution >= 4 is 11.8 Å². The highest BCUT2D eigenvalue weighted by atomic mass is 16.5. The Morgan fingerprint density at radius 3 is 2.56 bits per heavy atom. The van der Waals surface area contributed by atoms with Crippen LogP contribution in [-0.2, 0) is 4.74 Å². The molecule has 0 spiro atoms. The Bertz CT molecular complexity index is 464. The van der Waals surface area contributed by atoms with Crippen LogP contribution in [0.3, 0.4) is 0 Å². The highest BCUT2D eigenvalue weighted by molar-refractivity contribution is 5.79. The van der Waals surface area contributed by atoms with E-state index in [0.717, 1.165) is 57.3 Å². The van der Waals surface area contributed by atoms with Crippen molar-refractivity contribution in [3.05, 3.63) is 24.4 Å². The second kappa shape index (κ2) is 13.5. The summed E-state index contributed by atoms with van der Waals surface area (Å²) >= 11 is 0. The number of ether oxygens (including phenoxy) is 1. The van der Waals surface area contributed by atoms with E-state index in [1.54, 1.807) is 13.2 Å². The first-order valence-corrected chi connectivity index (χ1v) is 9.38. The maximum absolute atomic E-state index is 5.77. The van der Waals surface area contributed by atoms with Gasteiger partial charge in [-0.3, -0.25) is 4.99 Å². The fourth-order valence-electron chi connectivity index (χ4n) is 2.52. The van der Waals surface area contributed by atoms with Crippen LogP contribution in [0.15, 0.2) is 29.4 Å². The van der Waals surface area contributed by atoms with Crippen LogP contribution in [0.25, 0.3) is 0 Å². The van der Waals surface area contributed by atoms with Gasteiger partial charge in [-0.2, -0.15) is 0 Å². The van der Waals surface area contributed by atoms with Crippen molar-refractivity contribution < 1.29 is 4.74 Å². The van der Waals surface area contributed by atoms with E-state index in [-0.39, 0.29) is 0 Å². The van der Waals surface area contributed by atoms with Gasteiger partial charge in [0.2, 0.25) is 0 Å². The molecule has 6 heteroatoms. The molecule has 0 aliphatic carbocycles. The van der Waals surface area contributed by atoms with Gasteiger partial charge in [0, 0.05) is 39.5 Å². The van der Waals surface area contributed by atoms with Gasteiger partial charge < -0.3 is 20.7 Å². The zero-order chi connectivity index (χ0) is 18.3. The van der Waals surface area contributed by atoms with Crippen molar-refractivity contribution in [3.8, 4) is 0 Å². The number of guanidine groups is 1. The minimum absolute atomic E-state index is 0.299. The number of hydrogen-bond acceptors (Lipinski definition) is 4. The molecule has 0 amide bonds. The first-order chi connectivity index (χ1) is 12.2. The number of pyridine rings is 1. The quantitative estimate of drug-likeness (QED) is 0.307. The Hall–Kier alpha value is -1.82. The molecular formula is C19H35N5O. The molecule has 0 aliphatic heterocycles. The third-order valence-corrected chi connectivity index (χ3v) is 3.94. The molecule has 0 aromatic carbocycles. The van der Waals surface area contributed by atoms with E-state index in [2.05, 4.69) is 39.8 Å². The van der Waals surface area contributed by atoms with Gasteiger partial charge in [-0.15, -0.1) is 0 Å². The SMILES string of the molecule is CCOC(CCNC(=NC)NCCCCNc1ccccn1)C(C)C. The summed E-state index contributed by atoms with van der Waals surface area (Å²) in [6.07, 6.45) is 5.25. The predicted octanol–water partition coefficient (Wildman–Crippen LogP) is 2.89. The molecule has 0 saturated heterocycles. The van der Waals surface area contributed by atoms with Crippen LogP contribution >= 0.6 is 0 Å². The number of hydrogen-bond donors (Lipinski definition) is 3. The molecule has 25 heavy (non-hydrogen) atoms. The lowest BCUT2D eigenvalue weighted by Gasteiger charge is -2.21. The second-order valence-electron chi connectivity index (χ2n) is 6.30. The summed E-state index contributed by atoms with van der Waals surface area (Å²) in [5.41, 5.74) is 0. The summed E-state index contributed by atoms with van der Waals surface area (Å²) in [7, 11) is 1.81. The minimum atomic E-state index is 0.299. The summed E-state index contributed by atoms with van der Waals surface area (Å²) in [6, 6.07) is 5.89. The largest absolute Gasteiger partial charge is 0.378 e. The fraction of sp³-hybridized carbons (Fsp3) is 0.684. The highest BCUT2D eigenvalue weighted by Gasteiger charge is 2.12. The van der Waals surface area contributed by atoms with E-state index in [0.29, 0.717) is 12.0 Å². The average Bonchev–Trinajstić information content (AvgIpc) is 2.62. The highest BCUT2D eigenvalue weighted by Crippen LogP contribution is 2.09. The number of anilines is 1. The second-order valence-corrected chi connectivity index (χ2v) is 6.30. The first kappa shape index (κ1) is 21.2. The molecule has 3 N–H and O–H groups in total. The molecule has 1 heterocycles. The predicted molar refractivity (Wildman–Crippen MR) is 106 cm³/mol. The van der Waals surface area contributed by atoms with E-state index in [4.69, 9.17) is 4.74 Å². The van der Waals surface area contributed by atoms with Gasteiger partial charge >= 0.3 is 0 Å². The van der Waals surface area contributed by atoms with Crippen molar-refractivity contribution in [3.63, 3.8) is 0 Å². The van der Waals surface area contributed by atoms with Gasteiger partial charge in [-0.05, 0) is 44.2 Å². The van der Waals surface area contributed by atoms with Crippen LogP contribution in [0.1, 0.15) is 40.0 Å². The lowest BCUT2D eigenvalue weighted by atomic mass is 10.0. The molecule has 142 valence electrons. The molecule has 1 atom stereocenters. The Labute approximate surface area is 152 Å². The Balaban J connectivity index is 2.09. The molecular weight excluding hydrogens is 314 g/mol. The zero-order valence-corrected chi connectivity index (χ0v) is 16.2. The van der Waals surface area contributed by atoms with Crippen molar-refractivity contribution in [1.29, 1.82) is 0 Å². The van der Waals surface area contributed by atoms with Crippen molar-refractivity contribution in [2.24, 2.45) is 10.9 Å². The molecule has 0 bridgehead atoms. The first-order valence-electron chi connectivity index (χ1n) is 9.38. The average molecular weight is 350 g/mol. The standard InChI is InChI=1S/C19H35N5O/c1-5-25-17(16(2)3)11-15-24-19(20-4)23-14-9-8-13-22-18-10-6-7-12-21-18/h6-7,10,12,16-17H,5,8-9,11,13-15H2,1-4H3,(H,21,22)(H2,20,23,24). The number of rotatable bonds is 12. The van der Waals surface area contributed by atoms with Crippen molar-refractivity contribution in [2.75, 3.05) is 38.6 Å². The smallest absolute Gasteiger partial charge is 0.190 e. The molecule has 1 aromatic heterocycles. The van der Waals surface area contributed by atoms with E-state index in [1.807, 2.05) is 25.1 Å². The summed E-state index contributed by atoms with van der Waals surface area (Å²) in [5.74, 6) is 2.32. The maximum atomic E-state index is 5.77. The number of nitrogens with zero attached hydrogens (tertiary/aromatic N) is 2. The van der Waals surface area contributed by atoms with E-state index < -0.39 is 0 Å². The van der Waals surface area contributed by atoms with Crippen molar-refractivity contribution in [2.45, 2.75) is 46.1 Å². The van der Waals surface area contributed by atoms with Gasteiger partial charge in [0.25, 0.3) is 0 Å². The molecule has 1 aromatic rings. The third-order valence-electron chi connectivity index (χ3n) is 3.94. The molecule has 0 saturated carbocycles. The summed E-state index contributed by atoms with van der Waals surface area (Å²) in [5, 5.41) is 10.0. The topological polar surface area (TPSA) is 70.6 Å². The zero-order valence-electron chi connectivity index (χ0n) is 16.2. The molecule has 1 rings (SSSR count). The number of nitrogens with one attached hydrogen (secondary N) is 3. The van der Waals surface area contributed by atoms with Gasteiger partial charge in [0.05, 0.1) is 6.10 Å². The van der Waals surface area contributed by atoms with Crippen molar-refractivity contribution in [1.82, 2.24) is 15.6 Å². The number of aliphatic imine (C=N–C) groups is 1. The van der Waals surface area contributed by atoms with Gasteiger partial charge in [0.15, 0.2) is 5.96 Å². The summed E-state index contributed by atoms with van der Waals surface area (Å²) in [6.45, 7) is 9.91. The van der Waals surface area contributed by atoms with E-state index >= 15 is 0 Å². The summed E-state index contributed by atoms with van der Waals surface area (Å²) < 4.78 is 5.77. The van der Waals surface area contributed by atoms with Crippen LogP contribution in [-0.4, -0.2) is 50.3 Å². The molecule has 0 radical (unpaired) electrons. The number of aromatic nitrogens is 1. The lowest BCUT2D eigenvalue weighted by molar-refractivity contribution is 0.0258. The third kappa shape index (κ3) is 9.92.